The van der Waals surface area contributed by atoms with E-state index in [9.17, 15) is 14.4 Å². The number of carboxylic acids is 1. The Kier molecular flexibility index (Phi) is 6.07. The Morgan fingerprint density at radius 3 is 2.78 bits per heavy atom. The molecule has 1 aliphatic rings. The minimum Gasteiger partial charge on any atom is -0.480 e. The third-order valence-corrected chi connectivity index (χ3v) is 6.36. The van der Waals surface area contributed by atoms with Crippen molar-refractivity contribution in [2.45, 2.75) is 29.4 Å². The maximum Gasteiger partial charge on any atom is 0.317 e. The summed E-state index contributed by atoms with van der Waals surface area (Å²) in [7, 11) is 0. The summed E-state index contributed by atoms with van der Waals surface area (Å²) in [4.78, 5) is 37.4. The van der Waals surface area contributed by atoms with Crippen molar-refractivity contribution in [1.29, 1.82) is 0 Å². The fourth-order valence-electron chi connectivity index (χ4n) is 2.69. The average Bonchev–Trinajstić information content (AvgIpc) is 3.26. The van der Waals surface area contributed by atoms with Crippen LogP contribution in [0.1, 0.15) is 19.8 Å². The van der Waals surface area contributed by atoms with E-state index in [0.29, 0.717) is 22.4 Å². The van der Waals surface area contributed by atoms with E-state index in [-0.39, 0.29) is 18.2 Å². The van der Waals surface area contributed by atoms with Crippen molar-refractivity contribution in [1.82, 2.24) is 10.2 Å². The van der Waals surface area contributed by atoms with Crippen molar-refractivity contribution >= 4 is 51.7 Å². The lowest BCUT2D eigenvalue weighted by molar-refractivity contribution is -0.136. The molecule has 0 radical (unpaired) electrons. The Hall–Kier alpha value is -2.46. The molecular weight excluding hydrogens is 388 g/mol. The molecule has 10 heteroatoms. The number of hydrogen-bond acceptors (Lipinski definition) is 7. The van der Waals surface area contributed by atoms with Gasteiger partial charge in [0.05, 0.1) is 5.92 Å². The van der Waals surface area contributed by atoms with Gasteiger partial charge >= 0.3 is 5.97 Å². The number of nitrogens with one attached hydrogen (secondary N) is 1. The van der Waals surface area contributed by atoms with E-state index in [4.69, 9.17) is 5.11 Å². The molecule has 1 fully saturated rings. The van der Waals surface area contributed by atoms with Gasteiger partial charge in [0, 0.05) is 18.7 Å². The highest BCUT2D eigenvalue weighted by molar-refractivity contribution is 8.02. The van der Waals surface area contributed by atoms with Crippen molar-refractivity contribution in [3.8, 4) is 0 Å². The van der Waals surface area contributed by atoms with E-state index in [2.05, 4.69) is 15.5 Å². The number of para-hydroxylation sites is 1. The highest BCUT2D eigenvalue weighted by Gasteiger charge is 2.35. The van der Waals surface area contributed by atoms with Gasteiger partial charge in [-0.15, -0.1) is 10.2 Å². The predicted octanol–water partition coefficient (Wildman–Crippen LogP) is 2.49. The van der Waals surface area contributed by atoms with Crippen molar-refractivity contribution < 1.29 is 19.5 Å². The second-order valence-corrected chi connectivity index (χ2v) is 8.38. The Balaban J connectivity index is 1.60. The molecule has 2 aromatic rings. The first-order valence-electron chi connectivity index (χ1n) is 8.37. The zero-order valence-corrected chi connectivity index (χ0v) is 16.1. The number of aromatic nitrogens is 2. The number of carbonyl (C=O) groups is 3. The number of carboxylic acid groups (broad SMARTS) is 1. The van der Waals surface area contributed by atoms with Gasteiger partial charge in [0.2, 0.25) is 16.9 Å². The maximum absolute atomic E-state index is 12.5. The number of carbonyl (C=O) groups excluding carboxylic acids is 2. The molecule has 0 saturated carbocycles. The minimum atomic E-state index is -0.909. The monoisotopic (exact) mass is 406 g/mol. The molecule has 0 aliphatic carbocycles. The number of thioether (sulfide) groups is 1. The van der Waals surface area contributed by atoms with Crippen molar-refractivity contribution in [3.05, 3.63) is 30.3 Å². The molecule has 0 bridgehead atoms. The summed E-state index contributed by atoms with van der Waals surface area (Å²) < 4.78 is 0.480. The number of benzene rings is 1. The minimum absolute atomic E-state index is 0.0953. The van der Waals surface area contributed by atoms with Crippen LogP contribution in [0, 0.1) is 5.92 Å². The van der Waals surface area contributed by atoms with Gasteiger partial charge in [0.15, 0.2) is 4.34 Å². The topological polar surface area (TPSA) is 112 Å². The largest absolute Gasteiger partial charge is 0.480 e. The summed E-state index contributed by atoms with van der Waals surface area (Å²) in [5.74, 6) is -1.77. The maximum atomic E-state index is 12.5. The molecule has 2 heterocycles. The molecule has 8 nitrogen and oxygen atoms in total. The fourth-order valence-corrected chi connectivity index (χ4v) is 4.54. The fraction of sp³-hybridized carbons (Fsp3) is 0.353. The number of aliphatic carboxylic acids is 1. The third-order valence-electron chi connectivity index (χ3n) is 4.09. The van der Waals surface area contributed by atoms with Crippen LogP contribution in [-0.2, 0) is 14.4 Å². The van der Waals surface area contributed by atoms with Crippen LogP contribution >= 0.6 is 23.1 Å². The SMILES string of the molecule is CC[C@@H](Sc1nnc(NC(=O)[C@@H]2CC(=O)N(c3ccccc3)C2)s1)C(=O)O. The molecule has 2 amide bonds. The smallest absolute Gasteiger partial charge is 0.317 e. The third kappa shape index (κ3) is 4.64. The molecule has 2 N–H and O–H groups in total. The van der Waals surface area contributed by atoms with E-state index < -0.39 is 17.1 Å². The van der Waals surface area contributed by atoms with Crippen LogP contribution in [-0.4, -0.2) is 44.9 Å². The second kappa shape index (κ2) is 8.49. The summed E-state index contributed by atoms with van der Waals surface area (Å²) in [6.07, 6.45) is 0.596. The van der Waals surface area contributed by atoms with Gasteiger partial charge in [-0.1, -0.05) is 48.2 Å². The van der Waals surface area contributed by atoms with Crippen LogP contribution in [0.25, 0.3) is 0 Å². The Morgan fingerprint density at radius 2 is 2.11 bits per heavy atom. The Morgan fingerprint density at radius 1 is 1.37 bits per heavy atom. The number of rotatable bonds is 7. The summed E-state index contributed by atoms with van der Waals surface area (Å²) in [5, 5.41) is 19.3. The summed E-state index contributed by atoms with van der Waals surface area (Å²) in [6, 6.07) is 9.22. The van der Waals surface area contributed by atoms with Crippen LogP contribution < -0.4 is 10.2 Å². The standard InChI is InChI=1S/C17H18N4O4S2/c1-2-12(15(24)25)26-17-20-19-16(27-17)18-14(23)10-8-13(22)21(9-10)11-6-4-3-5-7-11/h3-7,10,12H,2,8-9H2,1H3,(H,24,25)(H,18,19,23)/t10-,12-/m1/s1. The predicted molar refractivity (Wildman–Crippen MR) is 103 cm³/mol. The quantitative estimate of drug-likeness (QED) is 0.536. The molecule has 142 valence electrons. The normalized spacial score (nSPS) is 17.7. The van der Waals surface area contributed by atoms with Gasteiger partial charge < -0.3 is 15.3 Å². The van der Waals surface area contributed by atoms with Crippen LogP contribution in [0.4, 0.5) is 10.8 Å². The van der Waals surface area contributed by atoms with Gasteiger partial charge in [-0.3, -0.25) is 14.4 Å². The average molecular weight is 406 g/mol. The van der Waals surface area contributed by atoms with Crippen LogP contribution in [0.5, 0.6) is 0 Å². The lowest BCUT2D eigenvalue weighted by atomic mass is 10.1. The summed E-state index contributed by atoms with van der Waals surface area (Å²) in [6.45, 7) is 2.09. The number of amides is 2. The molecule has 1 aliphatic heterocycles. The van der Waals surface area contributed by atoms with Gasteiger partial charge in [-0.2, -0.15) is 0 Å². The van der Waals surface area contributed by atoms with Gasteiger partial charge in [0.1, 0.15) is 5.25 Å². The lowest BCUT2D eigenvalue weighted by Gasteiger charge is -2.16. The first-order chi connectivity index (χ1) is 13.0. The van der Waals surface area contributed by atoms with Gasteiger partial charge in [-0.25, -0.2) is 0 Å². The molecule has 1 aromatic heterocycles. The number of anilines is 2. The van der Waals surface area contributed by atoms with Crippen LogP contribution in [0.3, 0.4) is 0 Å². The Labute approximate surface area is 164 Å². The molecule has 3 rings (SSSR count). The van der Waals surface area contributed by atoms with Crippen molar-refractivity contribution in [2.24, 2.45) is 5.92 Å². The molecule has 27 heavy (non-hydrogen) atoms. The molecule has 0 unspecified atom stereocenters. The van der Waals surface area contributed by atoms with E-state index in [0.717, 1.165) is 28.8 Å². The van der Waals surface area contributed by atoms with E-state index in [1.165, 1.54) is 0 Å². The van der Waals surface area contributed by atoms with Crippen LogP contribution in [0.2, 0.25) is 0 Å². The highest BCUT2D eigenvalue weighted by atomic mass is 32.2. The number of nitrogens with zero attached hydrogens (tertiary/aromatic N) is 3. The first-order valence-corrected chi connectivity index (χ1v) is 10.1. The van der Waals surface area contributed by atoms with E-state index in [1.807, 2.05) is 30.3 Å². The second-order valence-electron chi connectivity index (χ2n) is 5.96. The molecule has 2 atom stereocenters. The lowest BCUT2D eigenvalue weighted by Crippen LogP contribution is -2.28. The van der Waals surface area contributed by atoms with E-state index >= 15 is 0 Å². The van der Waals surface area contributed by atoms with Crippen molar-refractivity contribution in [3.63, 3.8) is 0 Å². The van der Waals surface area contributed by atoms with Gasteiger partial charge in [0.25, 0.3) is 0 Å². The van der Waals surface area contributed by atoms with Crippen LogP contribution in [0.15, 0.2) is 34.7 Å². The Bertz CT molecular complexity index is 842. The first kappa shape index (κ1) is 19.3. The van der Waals surface area contributed by atoms with Gasteiger partial charge in [-0.05, 0) is 18.6 Å². The highest BCUT2D eigenvalue weighted by Crippen LogP contribution is 2.31. The molecule has 0 spiro atoms. The zero-order valence-electron chi connectivity index (χ0n) is 14.5. The van der Waals surface area contributed by atoms with E-state index in [1.54, 1.807) is 11.8 Å². The molecular formula is C17H18N4O4S2. The number of hydrogen-bond donors (Lipinski definition) is 2. The molecule has 1 saturated heterocycles. The summed E-state index contributed by atoms with van der Waals surface area (Å²) in [5.41, 5.74) is 0.770. The summed E-state index contributed by atoms with van der Waals surface area (Å²) >= 11 is 2.23. The molecule has 1 aromatic carbocycles. The van der Waals surface area contributed by atoms with Crippen molar-refractivity contribution in [2.75, 3.05) is 16.8 Å². The zero-order chi connectivity index (χ0) is 19.4.